The van der Waals surface area contributed by atoms with Gasteiger partial charge in [0, 0.05) is 18.9 Å². The van der Waals surface area contributed by atoms with E-state index in [1.807, 2.05) is 35.0 Å². The molecule has 0 fully saturated rings. The predicted molar refractivity (Wildman–Crippen MR) is 48.1 cm³/mol. The Kier molecular flexibility index (Phi) is 2.42. The predicted octanol–water partition coefficient (Wildman–Crippen LogP) is 0.955. The third kappa shape index (κ3) is 1.30. The average molecular weight is 164 g/mol. The maximum absolute atomic E-state index is 5.44. The molecule has 2 heterocycles. The molecule has 2 aromatic heterocycles. The second kappa shape index (κ2) is 3.34. The summed E-state index contributed by atoms with van der Waals surface area (Å²) in [5.74, 6) is 0. The zero-order chi connectivity index (χ0) is 7.68. The summed E-state index contributed by atoms with van der Waals surface area (Å²) in [6.07, 6.45) is 3.90. The van der Waals surface area contributed by atoms with E-state index >= 15 is 0 Å². The minimum atomic E-state index is 0. The van der Waals surface area contributed by atoms with Crippen LogP contribution in [0.15, 0.2) is 30.6 Å². The third-order valence-corrected chi connectivity index (χ3v) is 1.62. The van der Waals surface area contributed by atoms with Gasteiger partial charge in [-0.2, -0.15) is 0 Å². The summed E-state index contributed by atoms with van der Waals surface area (Å²) in [7, 11) is 0. The van der Waals surface area contributed by atoms with Crippen LogP contribution in [0, 0.1) is 0 Å². The molecular weight excluding hydrogens is 152 g/mol. The molecule has 0 saturated carbocycles. The molecule has 12 heavy (non-hydrogen) atoms. The molecule has 0 bridgehead atoms. The lowest BCUT2D eigenvalue weighted by atomic mass is 10.5. The molecule has 2 aromatic rings. The van der Waals surface area contributed by atoms with Gasteiger partial charge in [-0.25, -0.2) is 4.98 Å². The first-order chi connectivity index (χ1) is 5.40. The van der Waals surface area contributed by atoms with Gasteiger partial charge < -0.3 is 16.3 Å². The smallest absolute Gasteiger partial charge is 0.137 e. The van der Waals surface area contributed by atoms with Crippen molar-refractivity contribution in [1.29, 1.82) is 0 Å². The number of hydrogen-bond acceptors (Lipinski definition) is 3. The highest BCUT2D eigenvalue weighted by Crippen LogP contribution is 2.02. The van der Waals surface area contributed by atoms with E-state index in [0.29, 0.717) is 6.54 Å². The van der Waals surface area contributed by atoms with Crippen molar-refractivity contribution in [2.75, 3.05) is 0 Å². The number of fused-ring (bicyclic) bond motifs is 1. The SMILES string of the molecule is N.NCc1cn2ccccc2n1. The Bertz CT molecular complexity index is 333. The maximum atomic E-state index is 5.44. The van der Waals surface area contributed by atoms with Crippen molar-refractivity contribution >= 4 is 5.65 Å². The van der Waals surface area contributed by atoms with Gasteiger partial charge in [0.15, 0.2) is 0 Å². The topological polar surface area (TPSA) is 78.3 Å². The highest BCUT2D eigenvalue weighted by molar-refractivity contribution is 5.39. The average Bonchev–Trinajstić information content (AvgIpc) is 2.46. The van der Waals surface area contributed by atoms with Crippen molar-refractivity contribution in [3.05, 3.63) is 36.3 Å². The Morgan fingerprint density at radius 3 is 2.92 bits per heavy atom. The van der Waals surface area contributed by atoms with Gasteiger partial charge in [-0.15, -0.1) is 0 Å². The number of rotatable bonds is 1. The van der Waals surface area contributed by atoms with Crippen LogP contribution in [0.3, 0.4) is 0 Å². The van der Waals surface area contributed by atoms with E-state index in [-0.39, 0.29) is 6.15 Å². The summed E-state index contributed by atoms with van der Waals surface area (Å²) in [6.45, 7) is 0.502. The van der Waals surface area contributed by atoms with Gasteiger partial charge in [-0.1, -0.05) is 6.07 Å². The van der Waals surface area contributed by atoms with Gasteiger partial charge in [-0.05, 0) is 12.1 Å². The molecular formula is C8H12N4. The second-order valence-corrected chi connectivity index (χ2v) is 2.40. The fourth-order valence-corrected chi connectivity index (χ4v) is 1.09. The van der Waals surface area contributed by atoms with Crippen LogP contribution >= 0.6 is 0 Å². The minimum absolute atomic E-state index is 0. The lowest BCUT2D eigenvalue weighted by Gasteiger charge is -1.86. The van der Waals surface area contributed by atoms with E-state index in [1.54, 1.807) is 0 Å². The summed E-state index contributed by atoms with van der Waals surface area (Å²) < 4.78 is 1.96. The van der Waals surface area contributed by atoms with Crippen LogP contribution in [0.2, 0.25) is 0 Å². The Labute approximate surface area is 70.6 Å². The summed E-state index contributed by atoms with van der Waals surface area (Å²) in [4.78, 5) is 4.27. The molecule has 0 saturated heterocycles. The fourth-order valence-electron chi connectivity index (χ4n) is 1.09. The highest BCUT2D eigenvalue weighted by atomic mass is 15.0. The number of hydrogen-bond donors (Lipinski definition) is 2. The molecule has 4 nitrogen and oxygen atoms in total. The number of nitrogens with two attached hydrogens (primary N) is 1. The molecule has 0 amide bonds. The molecule has 0 unspecified atom stereocenters. The van der Waals surface area contributed by atoms with Crippen LogP contribution in [0.25, 0.3) is 5.65 Å². The maximum Gasteiger partial charge on any atom is 0.137 e. The van der Waals surface area contributed by atoms with Gasteiger partial charge in [0.05, 0.1) is 5.69 Å². The van der Waals surface area contributed by atoms with Gasteiger partial charge in [0.2, 0.25) is 0 Å². The van der Waals surface area contributed by atoms with Crippen LogP contribution < -0.4 is 11.9 Å². The Hall–Kier alpha value is -1.39. The first-order valence-electron chi connectivity index (χ1n) is 3.53. The molecule has 0 aliphatic heterocycles. The quantitative estimate of drug-likeness (QED) is 0.658. The Morgan fingerprint density at radius 2 is 2.25 bits per heavy atom. The molecule has 2 rings (SSSR count). The zero-order valence-electron chi connectivity index (χ0n) is 6.77. The van der Waals surface area contributed by atoms with E-state index < -0.39 is 0 Å². The molecule has 0 aliphatic carbocycles. The number of pyridine rings is 1. The summed E-state index contributed by atoms with van der Waals surface area (Å²) in [6, 6.07) is 5.89. The molecule has 0 spiro atoms. The Morgan fingerprint density at radius 1 is 1.42 bits per heavy atom. The van der Waals surface area contributed by atoms with Crippen LogP contribution in [-0.2, 0) is 6.54 Å². The standard InChI is InChI=1S/C8H9N3.H3N/c9-5-7-6-11-4-2-1-3-8(11)10-7;/h1-4,6H,5,9H2;1H3. The first kappa shape index (κ1) is 8.70. The first-order valence-corrected chi connectivity index (χ1v) is 3.53. The molecule has 4 heteroatoms. The van der Waals surface area contributed by atoms with Gasteiger partial charge in [0.1, 0.15) is 5.65 Å². The molecule has 0 aliphatic rings. The van der Waals surface area contributed by atoms with E-state index in [4.69, 9.17) is 5.73 Å². The van der Waals surface area contributed by atoms with Crippen molar-refractivity contribution in [3.63, 3.8) is 0 Å². The summed E-state index contributed by atoms with van der Waals surface area (Å²) in [5.41, 5.74) is 7.32. The van der Waals surface area contributed by atoms with Crippen molar-refractivity contribution in [1.82, 2.24) is 15.5 Å². The van der Waals surface area contributed by atoms with Crippen LogP contribution in [-0.4, -0.2) is 9.38 Å². The molecule has 0 atom stereocenters. The largest absolute Gasteiger partial charge is 0.344 e. The second-order valence-electron chi connectivity index (χ2n) is 2.40. The van der Waals surface area contributed by atoms with Gasteiger partial charge >= 0.3 is 0 Å². The number of imidazole rings is 1. The lowest BCUT2D eigenvalue weighted by molar-refractivity contribution is 1.02. The van der Waals surface area contributed by atoms with E-state index in [0.717, 1.165) is 11.3 Å². The normalized spacial score (nSPS) is 9.75. The van der Waals surface area contributed by atoms with Crippen LogP contribution in [0.1, 0.15) is 5.69 Å². The molecule has 64 valence electrons. The monoisotopic (exact) mass is 164 g/mol. The third-order valence-electron chi connectivity index (χ3n) is 1.62. The van der Waals surface area contributed by atoms with E-state index in [1.165, 1.54) is 0 Å². The van der Waals surface area contributed by atoms with Crippen molar-refractivity contribution in [2.24, 2.45) is 5.73 Å². The van der Waals surface area contributed by atoms with Crippen LogP contribution in [0.4, 0.5) is 0 Å². The van der Waals surface area contributed by atoms with Crippen LogP contribution in [0.5, 0.6) is 0 Å². The van der Waals surface area contributed by atoms with Crippen molar-refractivity contribution in [3.8, 4) is 0 Å². The van der Waals surface area contributed by atoms with Gasteiger partial charge in [0.25, 0.3) is 0 Å². The fraction of sp³-hybridized carbons (Fsp3) is 0.125. The highest BCUT2D eigenvalue weighted by Gasteiger charge is 1.95. The zero-order valence-corrected chi connectivity index (χ0v) is 6.77. The lowest BCUT2D eigenvalue weighted by Crippen LogP contribution is -1.95. The molecule has 0 radical (unpaired) electrons. The molecule has 0 aromatic carbocycles. The van der Waals surface area contributed by atoms with Gasteiger partial charge in [-0.3, -0.25) is 0 Å². The number of aromatic nitrogens is 2. The van der Waals surface area contributed by atoms with E-state index in [2.05, 4.69) is 4.98 Å². The Balaban J connectivity index is 0.000000720. The van der Waals surface area contributed by atoms with Crippen molar-refractivity contribution in [2.45, 2.75) is 6.54 Å². The molecule has 5 N–H and O–H groups in total. The van der Waals surface area contributed by atoms with E-state index in [9.17, 15) is 0 Å². The summed E-state index contributed by atoms with van der Waals surface area (Å²) in [5, 5.41) is 0. The number of nitrogens with zero attached hydrogens (tertiary/aromatic N) is 2. The van der Waals surface area contributed by atoms with Crippen molar-refractivity contribution < 1.29 is 0 Å². The minimum Gasteiger partial charge on any atom is -0.344 e. The summed E-state index contributed by atoms with van der Waals surface area (Å²) >= 11 is 0.